The van der Waals surface area contributed by atoms with Crippen LogP contribution in [-0.4, -0.2) is 48.6 Å². The van der Waals surface area contributed by atoms with Crippen molar-refractivity contribution in [3.63, 3.8) is 0 Å². The number of hydrogen-bond acceptors (Lipinski definition) is 4. The lowest BCUT2D eigenvalue weighted by molar-refractivity contribution is -0.147. The molecule has 21 heavy (non-hydrogen) atoms. The van der Waals surface area contributed by atoms with Crippen molar-refractivity contribution in [2.24, 2.45) is 0 Å². The van der Waals surface area contributed by atoms with E-state index in [9.17, 15) is 14.7 Å². The number of nitrogens with zero attached hydrogens (tertiary/aromatic N) is 4. The summed E-state index contributed by atoms with van der Waals surface area (Å²) in [6.45, 7) is 3.91. The summed E-state index contributed by atoms with van der Waals surface area (Å²) in [5.74, 6) is -1.31. The Balaban J connectivity index is 2.03. The van der Waals surface area contributed by atoms with E-state index in [1.54, 1.807) is 19.3 Å². The summed E-state index contributed by atoms with van der Waals surface area (Å²) in [7, 11) is 0. The number of amides is 1. The van der Waals surface area contributed by atoms with Crippen LogP contribution in [0.4, 0.5) is 0 Å². The van der Waals surface area contributed by atoms with Crippen molar-refractivity contribution in [1.82, 2.24) is 19.5 Å². The Kier molecular flexibility index (Phi) is 2.93. The maximum Gasteiger partial charge on any atom is 0.329 e. The first kappa shape index (κ1) is 13.5. The van der Waals surface area contributed by atoms with E-state index >= 15 is 0 Å². The Morgan fingerprint density at radius 2 is 2.14 bits per heavy atom. The minimum atomic E-state index is -1.16. The average molecular weight is 288 g/mol. The molecular formula is C14H16N4O3. The first-order chi connectivity index (χ1) is 9.93. The van der Waals surface area contributed by atoms with E-state index in [1.807, 2.05) is 6.92 Å². The third-order valence-corrected chi connectivity index (χ3v) is 4.06. The van der Waals surface area contributed by atoms with Gasteiger partial charge < -0.3 is 10.0 Å². The zero-order chi connectivity index (χ0) is 15.2. The first-order valence-electron chi connectivity index (χ1n) is 6.79. The van der Waals surface area contributed by atoms with E-state index in [0.29, 0.717) is 30.6 Å². The fourth-order valence-electron chi connectivity index (χ4n) is 2.78. The van der Waals surface area contributed by atoms with Crippen molar-refractivity contribution < 1.29 is 14.7 Å². The number of aromatic nitrogens is 3. The molecule has 0 bridgehead atoms. The molecule has 1 aliphatic rings. The number of carbonyl (C=O) groups is 2. The van der Waals surface area contributed by atoms with Gasteiger partial charge in [0, 0.05) is 18.9 Å². The van der Waals surface area contributed by atoms with E-state index in [1.165, 1.54) is 15.6 Å². The molecule has 1 amide bonds. The third-order valence-electron chi connectivity index (χ3n) is 4.06. The summed E-state index contributed by atoms with van der Waals surface area (Å²) >= 11 is 0. The van der Waals surface area contributed by atoms with Crippen molar-refractivity contribution in [3.8, 4) is 0 Å². The van der Waals surface area contributed by atoms with Gasteiger partial charge in [-0.3, -0.25) is 4.79 Å². The Labute approximate surface area is 121 Å². The van der Waals surface area contributed by atoms with E-state index in [2.05, 4.69) is 10.1 Å². The summed E-state index contributed by atoms with van der Waals surface area (Å²) in [5.41, 5.74) is 0.562. The Hall–Kier alpha value is -2.44. The van der Waals surface area contributed by atoms with Gasteiger partial charge in [0.1, 0.15) is 11.1 Å². The molecule has 1 atom stereocenters. The van der Waals surface area contributed by atoms with Gasteiger partial charge in [0.05, 0.1) is 6.20 Å². The molecule has 0 aliphatic carbocycles. The molecular weight excluding hydrogens is 272 g/mol. The number of likely N-dealkylation sites (tertiary alicyclic amines) is 1. The van der Waals surface area contributed by atoms with Crippen LogP contribution in [0.3, 0.4) is 0 Å². The number of aliphatic carboxylic acids is 1. The molecule has 1 unspecified atom stereocenters. The maximum atomic E-state index is 12.7. The monoisotopic (exact) mass is 288 g/mol. The van der Waals surface area contributed by atoms with Crippen LogP contribution < -0.4 is 0 Å². The zero-order valence-corrected chi connectivity index (χ0v) is 11.9. The molecule has 110 valence electrons. The summed E-state index contributed by atoms with van der Waals surface area (Å²) < 4.78 is 1.54. The molecule has 3 rings (SSSR count). The van der Waals surface area contributed by atoms with E-state index in [-0.39, 0.29) is 5.91 Å². The molecule has 0 radical (unpaired) electrons. The Morgan fingerprint density at radius 3 is 2.86 bits per heavy atom. The standard InChI is InChI=1S/C14H16N4O3/c1-9-6-15-11-10(7-16-18(11)8-9)12(19)17-5-3-4-14(17,2)13(20)21/h6-8H,3-5H2,1-2H3,(H,20,21). The molecule has 7 nitrogen and oxygen atoms in total. The zero-order valence-electron chi connectivity index (χ0n) is 11.9. The van der Waals surface area contributed by atoms with Gasteiger partial charge in [0.2, 0.25) is 0 Å². The molecule has 1 aliphatic heterocycles. The number of carboxylic acid groups (broad SMARTS) is 1. The number of aryl methyl sites for hydroxylation is 1. The summed E-state index contributed by atoms with van der Waals surface area (Å²) in [6, 6.07) is 0. The molecule has 1 N–H and O–H groups in total. The van der Waals surface area contributed by atoms with E-state index < -0.39 is 11.5 Å². The van der Waals surface area contributed by atoms with E-state index in [4.69, 9.17) is 0 Å². The summed E-state index contributed by atoms with van der Waals surface area (Å²) in [6.07, 6.45) is 6.03. The van der Waals surface area contributed by atoms with Crippen LogP contribution in [-0.2, 0) is 4.79 Å². The number of fused-ring (bicyclic) bond motifs is 1. The quantitative estimate of drug-likeness (QED) is 0.894. The van der Waals surface area contributed by atoms with Crippen molar-refractivity contribution in [2.75, 3.05) is 6.54 Å². The van der Waals surface area contributed by atoms with Crippen LogP contribution >= 0.6 is 0 Å². The minimum absolute atomic E-state index is 0.330. The SMILES string of the molecule is Cc1cnc2c(C(=O)N3CCCC3(C)C(=O)O)cnn2c1. The van der Waals surface area contributed by atoms with Crippen LogP contribution in [0.1, 0.15) is 35.7 Å². The predicted molar refractivity (Wildman–Crippen MR) is 74.0 cm³/mol. The summed E-state index contributed by atoms with van der Waals surface area (Å²) in [5, 5.41) is 13.5. The lowest BCUT2D eigenvalue weighted by atomic mass is 9.99. The fraction of sp³-hybridized carbons (Fsp3) is 0.429. The smallest absolute Gasteiger partial charge is 0.329 e. The van der Waals surface area contributed by atoms with Gasteiger partial charge in [0.15, 0.2) is 5.65 Å². The second-order valence-corrected chi connectivity index (χ2v) is 5.60. The normalized spacial score (nSPS) is 21.9. The molecule has 3 heterocycles. The predicted octanol–water partition coefficient (Wildman–Crippen LogP) is 1.12. The molecule has 0 spiro atoms. The highest BCUT2D eigenvalue weighted by atomic mass is 16.4. The maximum absolute atomic E-state index is 12.7. The van der Waals surface area contributed by atoms with Gasteiger partial charge in [-0.15, -0.1) is 0 Å². The Morgan fingerprint density at radius 1 is 1.38 bits per heavy atom. The highest BCUT2D eigenvalue weighted by Crippen LogP contribution is 2.31. The van der Waals surface area contributed by atoms with Crippen LogP contribution in [0.25, 0.3) is 5.65 Å². The number of rotatable bonds is 2. The molecule has 0 saturated carbocycles. The molecule has 2 aromatic heterocycles. The highest BCUT2D eigenvalue weighted by Gasteiger charge is 2.46. The molecule has 1 saturated heterocycles. The van der Waals surface area contributed by atoms with E-state index in [0.717, 1.165) is 5.56 Å². The second-order valence-electron chi connectivity index (χ2n) is 5.60. The average Bonchev–Trinajstić information content (AvgIpc) is 3.02. The van der Waals surface area contributed by atoms with Gasteiger partial charge in [-0.2, -0.15) is 5.10 Å². The van der Waals surface area contributed by atoms with Gasteiger partial charge >= 0.3 is 5.97 Å². The largest absolute Gasteiger partial charge is 0.480 e. The fourth-order valence-corrected chi connectivity index (χ4v) is 2.78. The van der Waals surface area contributed by atoms with Crippen LogP contribution in [0, 0.1) is 6.92 Å². The van der Waals surface area contributed by atoms with Crippen LogP contribution in [0.15, 0.2) is 18.6 Å². The molecule has 1 fully saturated rings. The highest BCUT2D eigenvalue weighted by molar-refractivity contribution is 6.02. The molecule has 0 aromatic carbocycles. The van der Waals surface area contributed by atoms with Crippen molar-refractivity contribution in [1.29, 1.82) is 0 Å². The van der Waals surface area contributed by atoms with Crippen molar-refractivity contribution in [3.05, 3.63) is 29.7 Å². The first-order valence-corrected chi connectivity index (χ1v) is 6.79. The van der Waals surface area contributed by atoms with Gasteiger partial charge in [0.25, 0.3) is 5.91 Å². The van der Waals surface area contributed by atoms with Gasteiger partial charge in [-0.25, -0.2) is 14.3 Å². The third kappa shape index (κ3) is 1.96. The van der Waals surface area contributed by atoms with Gasteiger partial charge in [-0.1, -0.05) is 0 Å². The van der Waals surface area contributed by atoms with Crippen LogP contribution in [0.5, 0.6) is 0 Å². The molecule has 2 aromatic rings. The molecule has 7 heteroatoms. The topological polar surface area (TPSA) is 87.8 Å². The number of carbonyl (C=O) groups excluding carboxylic acids is 1. The number of carboxylic acids is 1. The van der Waals surface area contributed by atoms with Crippen LogP contribution in [0.2, 0.25) is 0 Å². The lowest BCUT2D eigenvalue weighted by Gasteiger charge is -2.30. The number of hydrogen-bond donors (Lipinski definition) is 1. The van der Waals surface area contributed by atoms with Crippen molar-refractivity contribution >= 4 is 17.5 Å². The van der Waals surface area contributed by atoms with Gasteiger partial charge in [-0.05, 0) is 32.3 Å². The lowest BCUT2D eigenvalue weighted by Crippen LogP contribution is -2.50. The Bertz CT molecular complexity index is 739. The second kappa shape index (κ2) is 4.54. The van der Waals surface area contributed by atoms with Crippen molar-refractivity contribution in [2.45, 2.75) is 32.2 Å². The summed E-state index contributed by atoms with van der Waals surface area (Å²) in [4.78, 5) is 29.8. The minimum Gasteiger partial charge on any atom is -0.480 e.